The molecule has 0 fully saturated rings. The van der Waals surface area contributed by atoms with E-state index in [1.54, 1.807) is 12.3 Å². The summed E-state index contributed by atoms with van der Waals surface area (Å²) in [5.41, 5.74) is 8.40. The van der Waals surface area contributed by atoms with E-state index in [2.05, 4.69) is 30.2 Å². The number of fused-ring (bicyclic) bond motifs is 1. The van der Waals surface area contributed by atoms with Crippen molar-refractivity contribution in [3.8, 4) is 11.6 Å². The zero-order chi connectivity index (χ0) is 17.3. The molecule has 0 aliphatic carbocycles. The lowest BCUT2D eigenvalue weighted by Crippen LogP contribution is -2.25. The highest BCUT2D eigenvalue weighted by atomic mass is 16.5. The van der Waals surface area contributed by atoms with E-state index in [4.69, 9.17) is 15.2 Å². The van der Waals surface area contributed by atoms with Crippen LogP contribution in [0.1, 0.15) is 35.3 Å². The van der Waals surface area contributed by atoms with Crippen LogP contribution >= 0.6 is 0 Å². The molecule has 0 saturated heterocycles. The summed E-state index contributed by atoms with van der Waals surface area (Å²) in [6, 6.07) is 7.79. The van der Waals surface area contributed by atoms with Crippen LogP contribution in [0.4, 0.5) is 5.69 Å². The van der Waals surface area contributed by atoms with Gasteiger partial charge in [0.2, 0.25) is 5.88 Å². The normalized spacial score (nSPS) is 14.6. The second-order valence-electron chi connectivity index (χ2n) is 6.44. The van der Waals surface area contributed by atoms with Crippen LogP contribution in [0.2, 0.25) is 0 Å². The Morgan fingerprint density at radius 2 is 2.25 bits per heavy atom. The Morgan fingerprint density at radius 1 is 1.46 bits per heavy atom. The number of aromatic nitrogens is 1. The van der Waals surface area contributed by atoms with Crippen LogP contribution in [-0.2, 0) is 13.0 Å². The maximum Gasteiger partial charge on any atom is 0.254 e. The quantitative estimate of drug-likeness (QED) is 0.881. The number of nitrogens with one attached hydrogen (secondary N) is 1. The Morgan fingerprint density at radius 3 is 2.96 bits per heavy atom. The molecule has 1 aromatic heterocycles. The molecule has 24 heavy (non-hydrogen) atoms. The summed E-state index contributed by atoms with van der Waals surface area (Å²) in [4.78, 5) is 15.6. The molecular weight excluding hydrogens is 306 g/mol. The Bertz CT molecular complexity index is 787. The van der Waals surface area contributed by atoms with Crippen LogP contribution in [0.3, 0.4) is 0 Å². The molecule has 0 spiro atoms. The van der Waals surface area contributed by atoms with E-state index in [0.29, 0.717) is 12.2 Å². The molecule has 126 valence electrons. The lowest BCUT2D eigenvalue weighted by molar-refractivity contribution is 0.0996. The number of rotatable bonds is 5. The Hall–Kier alpha value is -2.76. The van der Waals surface area contributed by atoms with Crippen molar-refractivity contribution in [1.29, 1.82) is 0 Å². The van der Waals surface area contributed by atoms with Gasteiger partial charge in [0.1, 0.15) is 16.9 Å². The number of nitrogens with zero attached hydrogens (tertiary/aromatic N) is 1. The standard InChI is InChI=1S/C18H21N3O3/c1-18(2)8-11-5-4-6-12(15(11)24-18)9-20-13-7-14(16(19)22)17(23-3)21-10-13/h4-7,10,20H,8-9H2,1-3H3,(H2,19,22). The van der Waals surface area contributed by atoms with Crippen molar-refractivity contribution >= 4 is 11.6 Å². The molecule has 0 bridgehead atoms. The van der Waals surface area contributed by atoms with E-state index in [0.717, 1.165) is 17.7 Å². The van der Waals surface area contributed by atoms with Gasteiger partial charge in [-0.2, -0.15) is 0 Å². The average Bonchev–Trinajstić information content (AvgIpc) is 2.86. The minimum atomic E-state index is -0.575. The first kappa shape index (κ1) is 16.1. The topological polar surface area (TPSA) is 86.5 Å². The van der Waals surface area contributed by atoms with Crippen molar-refractivity contribution in [2.24, 2.45) is 5.73 Å². The number of methoxy groups -OCH3 is 1. The molecule has 0 radical (unpaired) electrons. The SMILES string of the molecule is COc1ncc(NCc2cccc3c2OC(C)(C)C3)cc1C(N)=O. The van der Waals surface area contributed by atoms with Gasteiger partial charge in [-0.3, -0.25) is 4.79 Å². The second kappa shape index (κ2) is 6.03. The molecule has 3 N–H and O–H groups in total. The van der Waals surface area contributed by atoms with Gasteiger partial charge >= 0.3 is 0 Å². The van der Waals surface area contributed by atoms with Gasteiger partial charge in [-0.1, -0.05) is 18.2 Å². The van der Waals surface area contributed by atoms with Crippen molar-refractivity contribution < 1.29 is 14.3 Å². The maximum atomic E-state index is 11.5. The van der Waals surface area contributed by atoms with Gasteiger partial charge in [-0.15, -0.1) is 0 Å². The first-order valence-corrected chi connectivity index (χ1v) is 7.77. The fourth-order valence-corrected chi connectivity index (χ4v) is 2.90. The number of anilines is 1. The molecular formula is C18H21N3O3. The van der Waals surface area contributed by atoms with Crippen LogP contribution in [0, 0.1) is 0 Å². The molecule has 0 atom stereocenters. The van der Waals surface area contributed by atoms with Crippen LogP contribution in [0.25, 0.3) is 0 Å². The number of para-hydroxylation sites is 1. The van der Waals surface area contributed by atoms with Gasteiger partial charge < -0.3 is 20.5 Å². The van der Waals surface area contributed by atoms with Crippen LogP contribution in [-0.4, -0.2) is 23.6 Å². The average molecular weight is 327 g/mol. The number of carbonyl (C=O) groups excluding carboxylic acids is 1. The highest BCUT2D eigenvalue weighted by Crippen LogP contribution is 2.37. The molecule has 6 heteroatoms. The third-order valence-electron chi connectivity index (χ3n) is 3.97. The molecule has 6 nitrogen and oxygen atoms in total. The van der Waals surface area contributed by atoms with Gasteiger partial charge in [0.15, 0.2) is 0 Å². The summed E-state index contributed by atoms with van der Waals surface area (Å²) >= 11 is 0. The number of hydrogen-bond acceptors (Lipinski definition) is 5. The largest absolute Gasteiger partial charge is 0.487 e. The second-order valence-corrected chi connectivity index (χ2v) is 6.44. The zero-order valence-electron chi connectivity index (χ0n) is 14.1. The number of ether oxygens (including phenoxy) is 2. The highest BCUT2D eigenvalue weighted by Gasteiger charge is 2.31. The smallest absolute Gasteiger partial charge is 0.254 e. The molecule has 2 heterocycles. The molecule has 1 amide bonds. The van der Waals surface area contributed by atoms with Crippen molar-refractivity contribution in [3.63, 3.8) is 0 Å². The van der Waals surface area contributed by atoms with Crippen molar-refractivity contribution in [2.75, 3.05) is 12.4 Å². The van der Waals surface area contributed by atoms with E-state index >= 15 is 0 Å². The fraction of sp³-hybridized carbons (Fsp3) is 0.333. The van der Waals surface area contributed by atoms with Gasteiger partial charge in [0, 0.05) is 18.5 Å². The first-order chi connectivity index (χ1) is 11.4. The van der Waals surface area contributed by atoms with Crippen LogP contribution in [0.5, 0.6) is 11.6 Å². The molecule has 1 aliphatic heterocycles. The maximum absolute atomic E-state index is 11.5. The number of carbonyl (C=O) groups is 1. The minimum Gasteiger partial charge on any atom is -0.487 e. The molecule has 0 unspecified atom stereocenters. The number of pyridine rings is 1. The Kier molecular flexibility index (Phi) is 4.05. The molecule has 1 aliphatic rings. The van der Waals surface area contributed by atoms with E-state index < -0.39 is 5.91 Å². The summed E-state index contributed by atoms with van der Waals surface area (Å²) < 4.78 is 11.1. The molecule has 2 aromatic rings. The van der Waals surface area contributed by atoms with E-state index in [-0.39, 0.29) is 17.0 Å². The lowest BCUT2D eigenvalue weighted by atomic mass is 10.0. The van der Waals surface area contributed by atoms with Gasteiger partial charge in [-0.25, -0.2) is 4.98 Å². The summed E-state index contributed by atoms with van der Waals surface area (Å²) in [6.07, 6.45) is 2.51. The third-order valence-corrected chi connectivity index (χ3v) is 3.97. The summed E-state index contributed by atoms with van der Waals surface area (Å²) in [7, 11) is 1.45. The predicted octanol–water partition coefficient (Wildman–Crippen LogP) is 2.51. The van der Waals surface area contributed by atoms with Crippen molar-refractivity contribution in [3.05, 3.63) is 47.2 Å². The molecule has 3 rings (SSSR count). The summed E-state index contributed by atoms with van der Waals surface area (Å²) in [6.45, 7) is 4.72. The number of nitrogens with two attached hydrogens (primary N) is 1. The highest BCUT2D eigenvalue weighted by molar-refractivity contribution is 5.95. The van der Waals surface area contributed by atoms with Crippen LogP contribution < -0.4 is 20.5 Å². The number of amides is 1. The van der Waals surface area contributed by atoms with Gasteiger partial charge in [-0.05, 0) is 25.5 Å². The van der Waals surface area contributed by atoms with Gasteiger partial charge in [0.25, 0.3) is 5.91 Å². The molecule has 1 aromatic carbocycles. The summed E-state index contributed by atoms with van der Waals surface area (Å²) in [5.74, 6) is 0.582. The zero-order valence-corrected chi connectivity index (χ0v) is 14.1. The summed E-state index contributed by atoms with van der Waals surface area (Å²) in [5, 5.41) is 3.26. The monoisotopic (exact) mass is 327 g/mol. The van der Waals surface area contributed by atoms with E-state index in [9.17, 15) is 4.79 Å². The minimum absolute atomic E-state index is 0.181. The van der Waals surface area contributed by atoms with Gasteiger partial charge in [0.05, 0.1) is 19.0 Å². The fourth-order valence-electron chi connectivity index (χ4n) is 2.90. The Balaban J connectivity index is 1.80. The van der Waals surface area contributed by atoms with Crippen molar-refractivity contribution in [2.45, 2.75) is 32.4 Å². The van der Waals surface area contributed by atoms with E-state index in [1.165, 1.54) is 12.7 Å². The number of primary amides is 1. The predicted molar refractivity (Wildman–Crippen MR) is 91.5 cm³/mol. The number of hydrogen-bond donors (Lipinski definition) is 2. The Labute approximate surface area is 141 Å². The first-order valence-electron chi connectivity index (χ1n) is 7.77. The lowest BCUT2D eigenvalue weighted by Gasteiger charge is -2.18. The van der Waals surface area contributed by atoms with E-state index in [1.807, 2.05) is 12.1 Å². The van der Waals surface area contributed by atoms with Crippen molar-refractivity contribution in [1.82, 2.24) is 4.98 Å². The molecule has 0 saturated carbocycles. The third kappa shape index (κ3) is 3.13. The number of benzene rings is 1. The van der Waals surface area contributed by atoms with Crippen LogP contribution in [0.15, 0.2) is 30.5 Å².